The van der Waals surface area contributed by atoms with E-state index in [2.05, 4.69) is 30.5 Å². The van der Waals surface area contributed by atoms with Gasteiger partial charge in [-0.05, 0) is 25.2 Å². The Balaban J connectivity index is 2.05. The van der Waals surface area contributed by atoms with Crippen LogP contribution in [0.4, 0.5) is 0 Å². The third kappa shape index (κ3) is 2.05. The average molecular weight is 195 g/mol. The maximum absolute atomic E-state index is 2.50. The summed E-state index contributed by atoms with van der Waals surface area (Å²) in [4.78, 5) is 0. The van der Waals surface area contributed by atoms with Gasteiger partial charge >= 0.3 is 0 Å². The molecule has 0 aromatic carbocycles. The second-order valence-corrected chi connectivity index (χ2v) is 8.32. The molecule has 73 valence electrons. The zero-order chi connectivity index (χ0) is 9.15. The van der Waals surface area contributed by atoms with E-state index in [1.807, 2.05) is 0 Å². The summed E-state index contributed by atoms with van der Waals surface area (Å²) in [6.07, 6.45) is 13.4. The van der Waals surface area contributed by atoms with Gasteiger partial charge in [0, 0.05) is 0 Å². The fraction of sp³-hybridized carbons (Fsp3) is 0.667. The predicted molar refractivity (Wildman–Crippen MR) is 62.6 cm³/mol. The molecule has 0 aromatic rings. The van der Waals surface area contributed by atoms with Crippen LogP contribution >= 0.6 is 7.26 Å². The molecule has 2 rings (SSSR count). The van der Waals surface area contributed by atoms with Crippen LogP contribution in [0.5, 0.6) is 0 Å². The van der Waals surface area contributed by atoms with Crippen LogP contribution in [0.1, 0.15) is 38.5 Å². The van der Waals surface area contributed by atoms with Crippen LogP contribution in [0, 0.1) is 0 Å². The smallest absolute Gasteiger partial charge is 0.0181 e. The minimum absolute atomic E-state index is 0.784. The largest absolute Gasteiger partial charge is 0.0848 e. The Kier molecular flexibility index (Phi) is 2.89. The van der Waals surface area contributed by atoms with Crippen molar-refractivity contribution in [3.8, 4) is 0 Å². The van der Waals surface area contributed by atoms with Crippen LogP contribution in [0.25, 0.3) is 0 Å². The number of allylic oxidation sites excluding steroid dienone is 2. The summed E-state index contributed by atoms with van der Waals surface area (Å²) >= 11 is 0. The Morgan fingerprint density at radius 2 is 1.46 bits per heavy atom. The first-order valence-electron chi connectivity index (χ1n) is 5.54. The summed E-state index contributed by atoms with van der Waals surface area (Å²) in [5.41, 5.74) is 1.02. The number of hydrogen-bond donors (Lipinski definition) is 0. The molecule has 0 amide bonds. The van der Waals surface area contributed by atoms with Gasteiger partial charge in [0.1, 0.15) is 0 Å². The lowest BCUT2D eigenvalue weighted by Gasteiger charge is -2.32. The molecule has 1 radical (unpaired) electrons. The van der Waals surface area contributed by atoms with Crippen molar-refractivity contribution in [2.75, 3.05) is 6.66 Å². The van der Waals surface area contributed by atoms with Gasteiger partial charge in [0.05, 0.1) is 0 Å². The van der Waals surface area contributed by atoms with Crippen molar-refractivity contribution in [3.63, 3.8) is 0 Å². The Morgan fingerprint density at radius 3 is 2.00 bits per heavy atom. The molecule has 1 aliphatic carbocycles. The van der Waals surface area contributed by atoms with Crippen molar-refractivity contribution in [1.29, 1.82) is 0 Å². The molecule has 0 N–H and O–H groups in total. The van der Waals surface area contributed by atoms with E-state index < -0.39 is 7.26 Å². The van der Waals surface area contributed by atoms with Crippen molar-refractivity contribution >= 4 is 7.26 Å². The van der Waals surface area contributed by atoms with Crippen LogP contribution in [0.2, 0.25) is 0 Å². The molecular formula is C12H20P. The summed E-state index contributed by atoms with van der Waals surface area (Å²) in [6, 6.07) is 0. The van der Waals surface area contributed by atoms with Crippen molar-refractivity contribution in [2.45, 2.75) is 44.2 Å². The highest BCUT2D eigenvalue weighted by Crippen LogP contribution is 2.67. The van der Waals surface area contributed by atoms with Gasteiger partial charge in [0.15, 0.2) is 0 Å². The Hall–Kier alpha value is -0.0900. The normalized spacial score (nSPS) is 27.8. The first kappa shape index (κ1) is 9.46. The van der Waals surface area contributed by atoms with E-state index >= 15 is 0 Å². The lowest BCUT2D eigenvalue weighted by Crippen LogP contribution is -2.08. The summed E-state index contributed by atoms with van der Waals surface area (Å²) in [7, 11) is -0.784. The monoisotopic (exact) mass is 195 g/mol. The quantitative estimate of drug-likeness (QED) is 0.430. The Labute approximate surface area is 82.4 Å². The van der Waals surface area contributed by atoms with Crippen molar-refractivity contribution in [2.24, 2.45) is 0 Å². The number of hydrogen-bond acceptors (Lipinski definition) is 0. The zero-order valence-corrected chi connectivity index (χ0v) is 9.47. The summed E-state index contributed by atoms with van der Waals surface area (Å²) in [6.45, 7) is 2.50. The molecule has 2 aliphatic rings. The molecule has 0 nitrogen and oxygen atoms in total. The molecule has 0 aromatic heterocycles. The molecule has 0 unspecified atom stereocenters. The maximum Gasteiger partial charge on any atom is -0.0181 e. The summed E-state index contributed by atoms with van der Waals surface area (Å²) in [5, 5.41) is 0. The van der Waals surface area contributed by atoms with Crippen LogP contribution in [-0.4, -0.2) is 12.3 Å². The SMILES string of the molecule is C[P]1(C2CCCCCC2)C=CC=C1. The molecule has 1 fully saturated rings. The zero-order valence-electron chi connectivity index (χ0n) is 8.58. The van der Waals surface area contributed by atoms with Crippen LogP contribution in [-0.2, 0) is 0 Å². The standard InChI is InChI=1S/C12H20P/c1-13(10-6-7-11-13)12-8-4-2-3-5-9-12/h6-7,10-12H,2-5,8-9H2,1H3. The van der Waals surface area contributed by atoms with Gasteiger partial charge in [-0.2, -0.15) is 0 Å². The van der Waals surface area contributed by atoms with Crippen molar-refractivity contribution < 1.29 is 0 Å². The van der Waals surface area contributed by atoms with Gasteiger partial charge in [-0.1, -0.05) is 56.7 Å². The van der Waals surface area contributed by atoms with E-state index in [-0.39, 0.29) is 0 Å². The van der Waals surface area contributed by atoms with Gasteiger partial charge in [-0.15, -0.1) is 0 Å². The summed E-state index contributed by atoms with van der Waals surface area (Å²) < 4.78 is 0. The fourth-order valence-electron chi connectivity index (χ4n) is 2.58. The molecule has 0 spiro atoms. The van der Waals surface area contributed by atoms with Gasteiger partial charge in [-0.3, -0.25) is 0 Å². The molecule has 0 bridgehead atoms. The highest BCUT2D eigenvalue weighted by Gasteiger charge is 2.28. The fourth-order valence-corrected chi connectivity index (χ4v) is 5.58. The third-order valence-electron chi connectivity index (χ3n) is 3.54. The molecule has 1 saturated carbocycles. The van der Waals surface area contributed by atoms with E-state index in [0.29, 0.717) is 0 Å². The topological polar surface area (TPSA) is 0 Å². The third-order valence-corrected chi connectivity index (χ3v) is 7.26. The van der Waals surface area contributed by atoms with Gasteiger partial charge in [-0.25, -0.2) is 0 Å². The molecule has 1 heteroatoms. The highest BCUT2D eigenvalue weighted by atomic mass is 31.2. The van der Waals surface area contributed by atoms with E-state index in [0.717, 1.165) is 5.66 Å². The average Bonchev–Trinajstić information content (AvgIpc) is 2.44. The van der Waals surface area contributed by atoms with E-state index in [9.17, 15) is 0 Å². The maximum atomic E-state index is 2.50. The second-order valence-electron chi connectivity index (χ2n) is 4.55. The van der Waals surface area contributed by atoms with Crippen molar-refractivity contribution in [3.05, 3.63) is 23.8 Å². The van der Waals surface area contributed by atoms with E-state index in [1.165, 1.54) is 38.5 Å². The first-order chi connectivity index (χ1) is 6.31. The Morgan fingerprint density at radius 1 is 0.923 bits per heavy atom. The van der Waals surface area contributed by atoms with Crippen LogP contribution in [0.3, 0.4) is 0 Å². The minimum Gasteiger partial charge on any atom is -0.0848 e. The predicted octanol–water partition coefficient (Wildman–Crippen LogP) is 4.40. The van der Waals surface area contributed by atoms with Gasteiger partial charge in [0.25, 0.3) is 0 Å². The minimum atomic E-state index is -0.784. The molecule has 13 heavy (non-hydrogen) atoms. The van der Waals surface area contributed by atoms with Crippen molar-refractivity contribution in [1.82, 2.24) is 0 Å². The Bertz CT molecular complexity index is 207. The lowest BCUT2D eigenvalue weighted by molar-refractivity contribution is 0.702. The molecule has 1 aliphatic heterocycles. The molecule has 1 heterocycles. The molecule has 0 atom stereocenters. The van der Waals surface area contributed by atoms with Crippen LogP contribution in [0.15, 0.2) is 23.8 Å². The van der Waals surface area contributed by atoms with E-state index in [1.54, 1.807) is 0 Å². The van der Waals surface area contributed by atoms with Gasteiger partial charge < -0.3 is 0 Å². The molecule has 0 saturated heterocycles. The second kappa shape index (κ2) is 3.96. The molecular weight excluding hydrogens is 175 g/mol. The van der Waals surface area contributed by atoms with Gasteiger partial charge in [0.2, 0.25) is 0 Å². The first-order valence-corrected chi connectivity index (χ1v) is 7.98. The lowest BCUT2D eigenvalue weighted by atomic mass is 10.2. The summed E-state index contributed by atoms with van der Waals surface area (Å²) in [5.74, 6) is 5.01. The van der Waals surface area contributed by atoms with Crippen LogP contribution < -0.4 is 0 Å². The highest BCUT2D eigenvalue weighted by molar-refractivity contribution is 7.81. The van der Waals surface area contributed by atoms with E-state index in [4.69, 9.17) is 0 Å². The number of rotatable bonds is 1.